The second-order valence-corrected chi connectivity index (χ2v) is 7.17. The summed E-state index contributed by atoms with van der Waals surface area (Å²) in [5.74, 6) is 0.873. The van der Waals surface area contributed by atoms with Gasteiger partial charge in [0.05, 0.1) is 25.4 Å². The van der Waals surface area contributed by atoms with E-state index in [1.165, 1.54) is 11.1 Å². The third-order valence-electron chi connectivity index (χ3n) is 4.62. The highest BCUT2D eigenvalue weighted by atomic mass is 16.5. The zero-order valence-corrected chi connectivity index (χ0v) is 16.0. The summed E-state index contributed by atoms with van der Waals surface area (Å²) in [6.45, 7) is 10.7. The Morgan fingerprint density at radius 3 is 2.65 bits per heavy atom. The topological polar surface area (TPSA) is 30.5 Å². The number of nitrogens with one attached hydrogen (secondary N) is 1. The van der Waals surface area contributed by atoms with Crippen molar-refractivity contribution in [1.82, 2.24) is 0 Å². The number of fused-ring (bicyclic) bond motifs is 1. The molecule has 1 N–H and O–H groups in total. The molecule has 3 nitrogen and oxygen atoms in total. The zero-order valence-electron chi connectivity index (χ0n) is 16.0. The van der Waals surface area contributed by atoms with Crippen molar-refractivity contribution < 1.29 is 9.47 Å². The van der Waals surface area contributed by atoms with Crippen molar-refractivity contribution in [1.29, 1.82) is 0 Å². The number of anilines is 1. The molecule has 0 aromatic heterocycles. The van der Waals surface area contributed by atoms with Crippen LogP contribution in [-0.4, -0.2) is 25.4 Å². The van der Waals surface area contributed by atoms with Gasteiger partial charge in [0.15, 0.2) is 0 Å². The number of rotatable bonds is 6. The summed E-state index contributed by atoms with van der Waals surface area (Å²) in [6, 6.07) is 14.6. The second kappa shape index (κ2) is 7.38. The predicted molar refractivity (Wildman–Crippen MR) is 110 cm³/mol. The van der Waals surface area contributed by atoms with Gasteiger partial charge in [-0.2, -0.15) is 0 Å². The van der Waals surface area contributed by atoms with Gasteiger partial charge in [0.2, 0.25) is 0 Å². The maximum absolute atomic E-state index is 5.93. The van der Waals surface area contributed by atoms with Crippen LogP contribution in [0, 0.1) is 0 Å². The molecule has 0 bridgehead atoms. The highest BCUT2D eigenvalue weighted by Gasteiger charge is 2.27. The Morgan fingerprint density at radius 2 is 1.92 bits per heavy atom. The molecule has 1 atom stereocenters. The summed E-state index contributed by atoms with van der Waals surface area (Å²) in [4.78, 5) is 0. The van der Waals surface area contributed by atoms with E-state index in [1.54, 1.807) is 13.2 Å². The van der Waals surface area contributed by atoms with Crippen molar-refractivity contribution in [2.45, 2.75) is 32.4 Å². The first kappa shape index (κ1) is 18.3. The fraction of sp³-hybridized carbons (Fsp3) is 0.304. The summed E-state index contributed by atoms with van der Waals surface area (Å²) in [5.41, 5.74) is 5.58. The van der Waals surface area contributed by atoms with E-state index < -0.39 is 0 Å². The Bertz CT molecular complexity index is 836. The lowest BCUT2D eigenvalue weighted by molar-refractivity contribution is 0.129. The van der Waals surface area contributed by atoms with Gasteiger partial charge in [-0.3, -0.25) is 0 Å². The molecule has 3 heteroatoms. The van der Waals surface area contributed by atoms with Crippen molar-refractivity contribution in [3.63, 3.8) is 0 Å². The van der Waals surface area contributed by atoms with Gasteiger partial charge in [-0.1, -0.05) is 36.4 Å². The molecular weight excluding hydrogens is 322 g/mol. The molecule has 0 aliphatic carbocycles. The Morgan fingerprint density at radius 1 is 1.15 bits per heavy atom. The van der Waals surface area contributed by atoms with Gasteiger partial charge < -0.3 is 14.8 Å². The van der Waals surface area contributed by atoms with E-state index in [9.17, 15) is 0 Å². The highest BCUT2D eigenvalue weighted by Crippen LogP contribution is 2.40. The van der Waals surface area contributed by atoms with E-state index in [2.05, 4.69) is 63.0 Å². The van der Waals surface area contributed by atoms with Gasteiger partial charge in [0, 0.05) is 16.8 Å². The molecule has 3 rings (SSSR count). The summed E-state index contributed by atoms with van der Waals surface area (Å²) in [5, 5.41) is 3.60. The van der Waals surface area contributed by atoms with Crippen molar-refractivity contribution in [2.75, 3.05) is 19.0 Å². The first-order chi connectivity index (χ1) is 12.4. The molecule has 2 aromatic rings. The van der Waals surface area contributed by atoms with Crippen molar-refractivity contribution in [3.05, 3.63) is 66.8 Å². The van der Waals surface area contributed by atoms with Gasteiger partial charge in [-0.15, -0.1) is 6.58 Å². The van der Waals surface area contributed by atoms with Crippen molar-refractivity contribution >= 4 is 11.3 Å². The average Bonchev–Trinajstić information content (AvgIpc) is 2.64. The minimum Gasteiger partial charge on any atom is -0.496 e. The van der Waals surface area contributed by atoms with Crippen molar-refractivity contribution in [3.8, 4) is 16.9 Å². The number of methoxy groups -OCH3 is 1. The van der Waals surface area contributed by atoms with E-state index in [0.717, 1.165) is 22.6 Å². The van der Waals surface area contributed by atoms with E-state index in [-0.39, 0.29) is 11.6 Å². The lowest BCUT2D eigenvalue weighted by Crippen LogP contribution is -2.33. The van der Waals surface area contributed by atoms with E-state index in [1.807, 2.05) is 18.2 Å². The highest BCUT2D eigenvalue weighted by molar-refractivity contribution is 5.86. The number of para-hydroxylation sites is 1. The first-order valence-electron chi connectivity index (χ1n) is 8.96. The zero-order chi connectivity index (χ0) is 18.7. The molecule has 0 saturated heterocycles. The first-order valence-corrected chi connectivity index (χ1v) is 8.96. The molecule has 26 heavy (non-hydrogen) atoms. The van der Waals surface area contributed by atoms with E-state index in [4.69, 9.17) is 9.47 Å². The van der Waals surface area contributed by atoms with Gasteiger partial charge >= 0.3 is 0 Å². The van der Waals surface area contributed by atoms with Gasteiger partial charge in [0.1, 0.15) is 5.75 Å². The average molecular weight is 349 g/mol. The summed E-state index contributed by atoms with van der Waals surface area (Å²) >= 11 is 0. The monoisotopic (exact) mass is 349 g/mol. The fourth-order valence-electron chi connectivity index (χ4n) is 3.43. The van der Waals surface area contributed by atoms with E-state index in [0.29, 0.717) is 6.61 Å². The minimum atomic E-state index is -0.125. The van der Waals surface area contributed by atoms with Crippen LogP contribution >= 0.6 is 0 Å². The molecule has 0 spiro atoms. The maximum atomic E-state index is 5.93. The van der Waals surface area contributed by atoms with Crippen LogP contribution in [0.3, 0.4) is 0 Å². The van der Waals surface area contributed by atoms with Gasteiger partial charge in [-0.25, -0.2) is 0 Å². The molecule has 0 amide bonds. The molecule has 1 aliphatic rings. The molecule has 0 radical (unpaired) electrons. The summed E-state index contributed by atoms with van der Waals surface area (Å²) in [7, 11) is 1.71. The SMILES string of the molecule is C=CCOC(C)C1=CC(C)(C)Nc2ccc(-c3ccccc3OC)cc21. The summed E-state index contributed by atoms with van der Waals surface area (Å²) < 4.78 is 11.5. The van der Waals surface area contributed by atoms with Crippen LogP contribution in [0.4, 0.5) is 5.69 Å². The van der Waals surface area contributed by atoms with Crippen LogP contribution in [0.15, 0.2) is 61.2 Å². The minimum absolute atomic E-state index is 0.0129. The lowest BCUT2D eigenvalue weighted by atomic mass is 9.86. The second-order valence-electron chi connectivity index (χ2n) is 7.17. The normalized spacial score (nSPS) is 16.1. The summed E-state index contributed by atoms with van der Waals surface area (Å²) in [6.07, 6.45) is 4.03. The fourth-order valence-corrected chi connectivity index (χ4v) is 3.43. The molecule has 136 valence electrons. The number of ether oxygens (including phenoxy) is 2. The molecule has 2 aromatic carbocycles. The third kappa shape index (κ3) is 3.68. The van der Waals surface area contributed by atoms with Crippen LogP contribution in [0.1, 0.15) is 26.3 Å². The number of benzene rings is 2. The maximum Gasteiger partial charge on any atom is 0.126 e. The smallest absolute Gasteiger partial charge is 0.126 e. The van der Waals surface area contributed by atoms with Crippen LogP contribution in [0.5, 0.6) is 5.75 Å². The third-order valence-corrected chi connectivity index (χ3v) is 4.62. The van der Waals surface area contributed by atoms with E-state index >= 15 is 0 Å². The molecule has 0 fully saturated rings. The standard InChI is InChI=1S/C23H27NO2/c1-6-13-26-16(2)20-15-23(3,4)24-21-12-11-17(14-19(20)21)18-9-7-8-10-22(18)25-5/h6-12,14-16,24H,1,13H2,2-5H3. The Kier molecular flexibility index (Phi) is 5.19. The Hall–Kier alpha value is -2.52. The van der Waals surface area contributed by atoms with Crippen molar-refractivity contribution in [2.24, 2.45) is 0 Å². The van der Waals surface area contributed by atoms with Crippen LogP contribution < -0.4 is 10.1 Å². The Balaban J connectivity index is 2.08. The van der Waals surface area contributed by atoms with Crippen LogP contribution in [0.25, 0.3) is 16.7 Å². The van der Waals surface area contributed by atoms with Crippen LogP contribution in [0.2, 0.25) is 0 Å². The Labute approximate surface area is 156 Å². The largest absolute Gasteiger partial charge is 0.496 e. The number of hydrogen-bond donors (Lipinski definition) is 1. The molecule has 1 aliphatic heterocycles. The molecule has 0 saturated carbocycles. The predicted octanol–water partition coefficient (Wildman–Crippen LogP) is 5.54. The molecular formula is C23H27NO2. The van der Waals surface area contributed by atoms with Gasteiger partial charge in [0.25, 0.3) is 0 Å². The van der Waals surface area contributed by atoms with Gasteiger partial charge in [-0.05, 0) is 50.1 Å². The lowest BCUT2D eigenvalue weighted by Gasteiger charge is -2.34. The quantitative estimate of drug-likeness (QED) is 0.695. The number of hydrogen-bond acceptors (Lipinski definition) is 3. The molecule has 1 unspecified atom stereocenters. The van der Waals surface area contributed by atoms with Crippen LogP contribution in [-0.2, 0) is 4.74 Å². The molecule has 1 heterocycles.